The van der Waals surface area contributed by atoms with Crippen LogP contribution in [0.5, 0.6) is 0 Å². The van der Waals surface area contributed by atoms with Gasteiger partial charge in [0.2, 0.25) is 5.91 Å². The molecule has 0 atom stereocenters. The van der Waals surface area contributed by atoms with Crippen molar-refractivity contribution in [3.63, 3.8) is 0 Å². The first kappa shape index (κ1) is 18.0. The van der Waals surface area contributed by atoms with E-state index >= 15 is 0 Å². The Morgan fingerprint density at radius 3 is 2.80 bits per heavy atom. The standard InChI is InChI=1S/C16H14BrN3O3S2/c1-10-9-11(5-6-12(10)17)18-15(21)7-8-25(22,23)14-4-2-3-13-16(14)20-24-19-13/h2-6,9H,7-8H2,1H3,(H,18,21). The van der Waals surface area contributed by atoms with Crippen molar-refractivity contribution >= 4 is 60.1 Å². The van der Waals surface area contributed by atoms with Gasteiger partial charge in [-0.1, -0.05) is 22.0 Å². The van der Waals surface area contributed by atoms with Crippen LogP contribution in [0.3, 0.4) is 0 Å². The third-order valence-electron chi connectivity index (χ3n) is 3.62. The van der Waals surface area contributed by atoms with Crippen molar-refractivity contribution < 1.29 is 13.2 Å². The molecule has 0 aliphatic carbocycles. The summed E-state index contributed by atoms with van der Waals surface area (Å²) in [6.07, 6.45) is -0.134. The summed E-state index contributed by atoms with van der Waals surface area (Å²) in [7, 11) is -3.62. The van der Waals surface area contributed by atoms with Crippen LogP contribution in [-0.2, 0) is 14.6 Å². The number of rotatable bonds is 5. The molecule has 0 bridgehead atoms. The zero-order valence-corrected chi connectivity index (χ0v) is 16.4. The number of halogens is 1. The predicted octanol–water partition coefficient (Wildman–Crippen LogP) is 3.56. The number of benzene rings is 2. The molecule has 9 heteroatoms. The van der Waals surface area contributed by atoms with Crippen LogP contribution in [0, 0.1) is 6.92 Å². The van der Waals surface area contributed by atoms with Crippen LogP contribution in [0.2, 0.25) is 0 Å². The van der Waals surface area contributed by atoms with Gasteiger partial charge < -0.3 is 5.32 Å². The second-order valence-electron chi connectivity index (χ2n) is 5.47. The van der Waals surface area contributed by atoms with E-state index in [2.05, 4.69) is 30.0 Å². The van der Waals surface area contributed by atoms with Crippen molar-refractivity contribution in [3.8, 4) is 0 Å². The predicted molar refractivity (Wildman–Crippen MR) is 102 cm³/mol. The van der Waals surface area contributed by atoms with Crippen molar-refractivity contribution in [3.05, 3.63) is 46.4 Å². The van der Waals surface area contributed by atoms with Crippen molar-refractivity contribution in [1.29, 1.82) is 0 Å². The Morgan fingerprint density at radius 1 is 1.24 bits per heavy atom. The van der Waals surface area contributed by atoms with Crippen LogP contribution in [0.15, 0.2) is 45.8 Å². The second-order valence-corrected chi connectivity index (χ2v) is 8.93. The average molecular weight is 440 g/mol. The molecule has 3 rings (SSSR count). The molecule has 0 fully saturated rings. The maximum Gasteiger partial charge on any atom is 0.225 e. The lowest BCUT2D eigenvalue weighted by atomic mass is 10.2. The molecule has 3 aromatic rings. The number of carbonyl (C=O) groups is 1. The molecule has 25 heavy (non-hydrogen) atoms. The van der Waals surface area contributed by atoms with Gasteiger partial charge in [-0.15, -0.1) is 0 Å². The van der Waals surface area contributed by atoms with Gasteiger partial charge in [-0.25, -0.2) is 8.42 Å². The minimum Gasteiger partial charge on any atom is -0.326 e. The first-order valence-corrected chi connectivity index (χ1v) is 10.5. The number of aromatic nitrogens is 2. The van der Waals surface area contributed by atoms with Gasteiger partial charge in [0.05, 0.1) is 22.4 Å². The minimum atomic E-state index is -3.62. The lowest BCUT2D eigenvalue weighted by molar-refractivity contribution is -0.115. The van der Waals surface area contributed by atoms with Gasteiger partial charge in [0.25, 0.3) is 0 Å². The highest BCUT2D eigenvalue weighted by Gasteiger charge is 2.21. The molecule has 1 amide bonds. The molecule has 2 aromatic carbocycles. The van der Waals surface area contributed by atoms with Crippen LogP contribution >= 0.6 is 27.7 Å². The van der Waals surface area contributed by atoms with E-state index in [1.807, 2.05) is 19.1 Å². The van der Waals surface area contributed by atoms with Gasteiger partial charge in [0.1, 0.15) is 11.0 Å². The Kier molecular flexibility index (Phi) is 5.16. The average Bonchev–Trinajstić information content (AvgIpc) is 3.05. The Morgan fingerprint density at radius 2 is 2.04 bits per heavy atom. The van der Waals surface area contributed by atoms with Crippen molar-refractivity contribution in [2.75, 3.05) is 11.1 Å². The lowest BCUT2D eigenvalue weighted by Gasteiger charge is -2.08. The fraction of sp³-hybridized carbons (Fsp3) is 0.188. The molecule has 0 aliphatic heterocycles. The number of hydrogen-bond donors (Lipinski definition) is 1. The summed E-state index contributed by atoms with van der Waals surface area (Å²) >= 11 is 4.36. The van der Waals surface area contributed by atoms with Crippen molar-refractivity contribution in [2.45, 2.75) is 18.2 Å². The van der Waals surface area contributed by atoms with E-state index in [1.54, 1.807) is 18.2 Å². The van der Waals surface area contributed by atoms with Gasteiger partial charge in [-0.2, -0.15) is 8.75 Å². The van der Waals surface area contributed by atoms with Gasteiger partial charge >= 0.3 is 0 Å². The molecule has 6 nitrogen and oxygen atoms in total. The molecular weight excluding hydrogens is 426 g/mol. The largest absolute Gasteiger partial charge is 0.326 e. The Balaban J connectivity index is 1.70. The smallest absolute Gasteiger partial charge is 0.225 e. The number of carbonyl (C=O) groups excluding carboxylic acids is 1. The molecule has 0 aliphatic rings. The number of aryl methyl sites for hydroxylation is 1. The highest BCUT2D eigenvalue weighted by Crippen LogP contribution is 2.23. The Labute approximate surface area is 157 Å². The van der Waals surface area contributed by atoms with Gasteiger partial charge in [0, 0.05) is 16.6 Å². The number of fused-ring (bicyclic) bond motifs is 1. The molecular formula is C16H14BrN3O3S2. The van der Waals surface area contributed by atoms with E-state index < -0.39 is 9.84 Å². The number of anilines is 1. The van der Waals surface area contributed by atoms with E-state index in [1.165, 1.54) is 6.07 Å². The number of sulfone groups is 1. The topological polar surface area (TPSA) is 89.0 Å². The summed E-state index contributed by atoms with van der Waals surface area (Å²) in [5, 5.41) is 2.72. The van der Waals surface area contributed by atoms with Crippen LogP contribution in [-0.4, -0.2) is 28.8 Å². The summed E-state index contributed by atoms with van der Waals surface area (Å²) in [6, 6.07) is 10.2. The number of nitrogens with one attached hydrogen (secondary N) is 1. The fourth-order valence-corrected chi connectivity index (χ4v) is 4.57. The molecule has 1 aromatic heterocycles. The maximum absolute atomic E-state index is 12.6. The highest BCUT2D eigenvalue weighted by atomic mass is 79.9. The number of amides is 1. The first-order valence-electron chi connectivity index (χ1n) is 7.37. The second kappa shape index (κ2) is 7.19. The quantitative estimate of drug-likeness (QED) is 0.656. The SMILES string of the molecule is Cc1cc(NC(=O)CCS(=O)(=O)c2cccc3nsnc23)ccc1Br. The summed E-state index contributed by atoms with van der Waals surface area (Å²) < 4.78 is 34.1. The number of hydrogen-bond acceptors (Lipinski definition) is 6. The zero-order chi connectivity index (χ0) is 18.0. The summed E-state index contributed by atoms with van der Waals surface area (Å²) in [5.74, 6) is -0.640. The van der Waals surface area contributed by atoms with E-state index in [4.69, 9.17) is 0 Å². The van der Waals surface area contributed by atoms with Gasteiger partial charge in [-0.3, -0.25) is 4.79 Å². The van der Waals surface area contributed by atoms with Crippen LogP contribution in [0.1, 0.15) is 12.0 Å². The molecule has 1 N–H and O–H groups in total. The van der Waals surface area contributed by atoms with E-state index in [-0.39, 0.29) is 23.0 Å². The molecule has 0 spiro atoms. The van der Waals surface area contributed by atoms with Crippen LogP contribution in [0.4, 0.5) is 5.69 Å². The Hall–Kier alpha value is -1.84. The molecule has 0 saturated carbocycles. The highest BCUT2D eigenvalue weighted by molar-refractivity contribution is 9.10. The molecule has 130 valence electrons. The van der Waals surface area contributed by atoms with Crippen LogP contribution < -0.4 is 5.32 Å². The lowest BCUT2D eigenvalue weighted by Crippen LogP contribution is -2.17. The molecule has 0 unspecified atom stereocenters. The van der Waals surface area contributed by atoms with Gasteiger partial charge in [0.15, 0.2) is 9.84 Å². The summed E-state index contributed by atoms with van der Waals surface area (Å²) in [6.45, 7) is 1.91. The van der Waals surface area contributed by atoms with Crippen LogP contribution in [0.25, 0.3) is 11.0 Å². The normalized spacial score (nSPS) is 11.6. The minimum absolute atomic E-state index is 0.117. The molecule has 0 saturated heterocycles. The third kappa shape index (κ3) is 4.05. The number of nitrogens with zero attached hydrogens (tertiary/aromatic N) is 2. The van der Waals surface area contributed by atoms with Crippen molar-refractivity contribution in [1.82, 2.24) is 8.75 Å². The van der Waals surface area contributed by atoms with Gasteiger partial charge in [-0.05, 0) is 42.8 Å². The van der Waals surface area contributed by atoms with E-state index in [0.717, 1.165) is 21.8 Å². The molecule has 0 radical (unpaired) electrons. The van der Waals surface area contributed by atoms with Crippen molar-refractivity contribution in [2.24, 2.45) is 0 Å². The molecule has 1 heterocycles. The summed E-state index contributed by atoms with van der Waals surface area (Å²) in [4.78, 5) is 12.2. The van der Waals surface area contributed by atoms with E-state index in [0.29, 0.717) is 16.7 Å². The fourth-order valence-electron chi connectivity index (χ4n) is 2.32. The monoisotopic (exact) mass is 439 g/mol. The first-order chi connectivity index (χ1) is 11.9. The summed E-state index contributed by atoms with van der Waals surface area (Å²) in [5.41, 5.74) is 2.51. The maximum atomic E-state index is 12.6. The third-order valence-corrected chi connectivity index (χ3v) is 6.80. The van der Waals surface area contributed by atoms with E-state index in [9.17, 15) is 13.2 Å². The Bertz CT molecular complexity index is 1050. The zero-order valence-electron chi connectivity index (χ0n) is 13.2.